The highest BCUT2D eigenvalue weighted by atomic mass is 32.2. The van der Waals surface area contributed by atoms with Gasteiger partial charge in [-0.1, -0.05) is 6.07 Å². The number of piperidine rings is 1. The number of hydrogen-bond acceptors (Lipinski definition) is 5. The van der Waals surface area contributed by atoms with Gasteiger partial charge in [0.1, 0.15) is 10.6 Å². The van der Waals surface area contributed by atoms with Gasteiger partial charge in [0.05, 0.1) is 18.5 Å². The molecule has 158 valence electrons. The SMILES string of the molecule is COc1ccc(-c2cccc([C@@H]3CCCN(S(=O)(=O)c4cn(C)nc4C)C3)n2)cc1. The Balaban J connectivity index is 1.58. The van der Waals surface area contributed by atoms with Crippen LogP contribution in [0, 0.1) is 6.92 Å². The Labute approximate surface area is 177 Å². The van der Waals surface area contributed by atoms with Crippen LogP contribution in [0.1, 0.15) is 30.1 Å². The zero-order valence-electron chi connectivity index (χ0n) is 17.4. The van der Waals surface area contributed by atoms with Gasteiger partial charge in [-0.2, -0.15) is 9.40 Å². The number of nitrogens with zero attached hydrogens (tertiary/aromatic N) is 4. The maximum Gasteiger partial charge on any atom is 0.246 e. The molecule has 3 aromatic rings. The first-order valence-electron chi connectivity index (χ1n) is 10.0. The van der Waals surface area contributed by atoms with Gasteiger partial charge >= 0.3 is 0 Å². The van der Waals surface area contributed by atoms with Crippen LogP contribution < -0.4 is 4.74 Å². The van der Waals surface area contributed by atoms with Gasteiger partial charge in [0.25, 0.3) is 0 Å². The smallest absolute Gasteiger partial charge is 0.246 e. The first kappa shape index (κ1) is 20.6. The number of aromatic nitrogens is 3. The van der Waals surface area contributed by atoms with Crippen LogP contribution in [-0.4, -0.2) is 47.7 Å². The molecule has 1 aromatic carbocycles. The van der Waals surface area contributed by atoms with Crippen molar-refractivity contribution in [1.29, 1.82) is 0 Å². The highest BCUT2D eigenvalue weighted by Crippen LogP contribution is 2.31. The molecule has 0 saturated carbocycles. The highest BCUT2D eigenvalue weighted by molar-refractivity contribution is 7.89. The molecule has 2 aromatic heterocycles. The number of aryl methyl sites for hydroxylation is 2. The van der Waals surface area contributed by atoms with Crippen molar-refractivity contribution in [3.05, 3.63) is 60.0 Å². The molecule has 0 unspecified atom stereocenters. The van der Waals surface area contributed by atoms with Gasteiger partial charge in [-0.3, -0.25) is 9.67 Å². The van der Waals surface area contributed by atoms with E-state index in [1.165, 1.54) is 0 Å². The van der Waals surface area contributed by atoms with Crippen LogP contribution in [0.4, 0.5) is 0 Å². The average molecular weight is 427 g/mol. The Bertz CT molecular complexity index is 1140. The Morgan fingerprint density at radius 3 is 2.57 bits per heavy atom. The summed E-state index contributed by atoms with van der Waals surface area (Å²) < 4.78 is 34.7. The van der Waals surface area contributed by atoms with Crippen LogP contribution in [0.2, 0.25) is 0 Å². The molecule has 1 fully saturated rings. The molecule has 0 amide bonds. The lowest BCUT2D eigenvalue weighted by molar-refractivity contribution is 0.312. The van der Waals surface area contributed by atoms with Crippen molar-refractivity contribution >= 4 is 10.0 Å². The first-order valence-corrected chi connectivity index (χ1v) is 11.4. The van der Waals surface area contributed by atoms with E-state index >= 15 is 0 Å². The minimum Gasteiger partial charge on any atom is -0.497 e. The van der Waals surface area contributed by atoms with Crippen molar-refractivity contribution in [1.82, 2.24) is 19.1 Å². The predicted octanol–water partition coefficient (Wildman–Crippen LogP) is 3.37. The fraction of sp³-hybridized carbons (Fsp3) is 0.364. The normalized spacial score (nSPS) is 17.8. The standard InChI is InChI=1S/C22H26N4O3S/c1-16-22(15-25(2)24-16)30(27,28)26-13-5-6-18(14-26)21-8-4-7-20(23-21)17-9-11-19(29-3)12-10-17/h4,7-12,15,18H,5-6,13-14H2,1-3H3/t18-/m1/s1. The van der Waals surface area contributed by atoms with Crippen LogP contribution in [0.5, 0.6) is 5.75 Å². The zero-order valence-corrected chi connectivity index (χ0v) is 18.3. The van der Waals surface area contributed by atoms with Crippen LogP contribution in [0.15, 0.2) is 53.6 Å². The maximum absolute atomic E-state index is 13.2. The van der Waals surface area contributed by atoms with E-state index in [4.69, 9.17) is 9.72 Å². The molecule has 0 spiro atoms. The molecule has 3 heterocycles. The monoisotopic (exact) mass is 426 g/mol. The van der Waals surface area contributed by atoms with E-state index in [1.807, 2.05) is 42.5 Å². The fourth-order valence-electron chi connectivity index (χ4n) is 3.97. The summed E-state index contributed by atoms with van der Waals surface area (Å²) in [7, 11) is -0.196. The fourth-order valence-corrected chi connectivity index (χ4v) is 5.70. The molecule has 1 atom stereocenters. The van der Waals surface area contributed by atoms with Crippen LogP contribution in [0.3, 0.4) is 0 Å². The summed E-state index contributed by atoms with van der Waals surface area (Å²) in [5.41, 5.74) is 3.33. The van der Waals surface area contributed by atoms with E-state index in [0.29, 0.717) is 18.8 Å². The van der Waals surface area contributed by atoms with E-state index in [-0.39, 0.29) is 10.8 Å². The molecule has 0 radical (unpaired) electrons. The molecule has 0 N–H and O–H groups in total. The quantitative estimate of drug-likeness (QED) is 0.625. The van der Waals surface area contributed by atoms with E-state index in [2.05, 4.69) is 5.10 Å². The summed E-state index contributed by atoms with van der Waals surface area (Å²) in [6.07, 6.45) is 3.30. The van der Waals surface area contributed by atoms with Crippen molar-refractivity contribution < 1.29 is 13.2 Å². The number of methoxy groups -OCH3 is 1. The van der Waals surface area contributed by atoms with E-state index in [9.17, 15) is 8.42 Å². The molecule has 4 rings (SSSR count). The van der Waals surface area contributed by atoms with Gasteiger partial charge in [0.2, 0.25) is 10.0 Å². The molecule has 0 aliphatic carbocycles. The summed E-state index contributed by atoms with van der Waals surface area (Å²) in [5, 5.41) is 4.20. The summed E-state index contributed by atoms with van der Waals surface area (Å²) in [6, 6.07) is 13.7. The molecular formula is C22H26N4O3S. The van der Waals surface area contributed by atoms with Crippen LogP contribution in [-0.2, 0) is 17.1 Å². The van der Waals surface area contributed by atoms with Crippen molar-refractivity contribution in [2.45, 2.75) is 30.6 Å². The maximum atomic E-state index is 13.2. The van der Waals surface area contributed by atoms with E-state index in [0.717, 1.165) is 35.5 Å². The lowest BCUT2D eigenvalue weighted by atomic mass is 9.95. The minimum absolute atomic E-state index is 0.0590. The number of pyridine rings is 1. The van der Waals surface area contributed by atoms with Gasteiger partial charge in [-0.05, 0) is 56.2 Å². The lowest BCUT2D eigenvalue weighted by Crippen LogP contribution is -2.39. The highest BCUT2D eigenvalue weighted by Gasteiger charge is 2.33. The molecule has 0 bridgehead atoms. The second kappa shape index (κ2) is 8.20. The second-order valence-corrected chi connectivity index (χ2v) is 9.54. The summed E-state index contributed by atoms with van der Waals surface area (Å²) in [6.45, 7) is 2.68. The number of benzene rings is 1. The third kappa shape index (κ3) is 3.97. The largest absolute Gasteiger partial charge is 0.497 e. The lowest BCUT2D eigenvalue weighted by Gasteiger charge is -2.31. The van der Waals surface area contributed by atoms with Crippen molar-refractivity contribution in [3.63, 3.8) is 0 Å². The number of sulfonamides is 1. The molecule has 30 heavy (non-hydrogen) atoms. The Kier molecular flexibility index (Phi) is 5.62. The van der Waals surface area contributed by atoms with E-state index < -0.39 is 10.0 Å². The average Bonchev–Trinajstić information content (AvgIpc) is 3.13. The number of hydrogen-bond donors (Lipinski definition) is 0. The molecule has 1 aliphatic rings. The van der Waals surface area contributed by atoms with Gasteiger partial charge < -0.3 is 4.74 Å². The Morgan fingerprint density at radius 2 is 1.90 bits per heavy atom. The van der Waals surface area contributed by atoms with Crippen LogP contribution in [0.25, 0.3) is 11.3 Å². The van der Waals surface area contributed by atoms with E-state index in [1.54, 1.807) is 36.3 Å². The number of rotatable bonds is 5. The molecular weight excluding hydrogens is 400 g/mol. The van der Waals surface area contributed by atoms with Gasteiger partial charge in [0.15, 0.2) is 0 Å². The molecule has 8 heteroatoms. The van der Waals surface area contributed by atoms with Crippen molar-refractivity contribution in [2.75, 3.05) is 20.2 Å². The summed E-state index contributed by atoms with van der Waals surface area (Å²) >= 11 is 0. The van der Waals surface area contributed by atoms with Gasteiger partial charge in [-0.25, -0.2) is 8.42 Å². The van der Waals surface area contributed by atoms with Crippen molar-refractivity contribution in [3.8, 4) is 17.0 Å². The minimum atomic E-state index is -3.57. The molecule has 1 aliphatic heterocycles. The molecule has 1 saturated heterocycles. The third-order valence-electron chi connectivity index (χ3n) is 5.55. The predicted molar refractivity (Wildman–Crippen MR) is 115 cm³/mol. The number of ether oxygens (including phenoxy) is 1. The summed E-state index contributed by atoms with van der Waals surface area (Å²) in [4.78, 5) is 5.14. The van der Waals surface area contributed by atoms with Crippen molar-refractivity contribution in [2.24, 2.45) is 7.05 Å². The summed E-state index contributed by atoms with van der Waals surface area (Å²) in [5.74, 6) is 0.859. The van der Waals surface area contributed by atoms with Gasteiger partial charge in [-0.15, -0.1) is 0 Å². The van der Waals surface area contributed by atoms with Gasteiger partial charge in [0, 0.05) is 43.5 Å². The topological polar surface area (TPSA) is 77.3 Å². The van der Waals surface area contributed by atoms with Crippen LogP contribution >= 0.6 is 0 Å². The first-order chi connectivity index (χ1) is 14.4. The third-order valence-corrected chi connectivity index (χ3v) is 7.51. The Hall–Kier alpha value is -2.71. The second-order valence-electron chi connectivity index (χ2n) is 7.63. The zero-order chi connectivity index (χ0) is 21.3. The Morgan fingerprint density at radius 1 is 1.13 bits per heavy atom. The molecule has 7 nitrogen and oxygen atoms in total.